The van der Waals surface area contributed by atoms with E-state index in [4.69, 9.17) is 0 Å². The first kappa shape index (κ1) is 17.2. The number of unbranched alkanes of at least 4 members (excludes halogenated alkanes) is 3. The van der Waals surface area contributed by atoms with E-state index in [1.807, 2.05) is 0 Å². The number of halogens is 2. The number of hydrogen-bond acceptors (Lipinski definition) is 1. The van der Waals surface area contributed by atoms with E-state index < -0.39 is 0 Å². The van der Waals surface area contributed by atoms with Crippen molar-refractivity contribution in [3.05, 3.63) is 32.7 Å². The molecule has 1 rings (SSSR count). The van der Waals surface area contributed by atoms with Gasteiger partial charge < -0.3 is 5.32 Å². The highest BCUT2D eigenvalue weighted by Crippen LogP contribution is 2.23. The van der Waals surface area contributed by atoms with Crippen LogP contribution in [-0.2, 0) is 6.42 Å². The molecule has 3 heteroatoms. The zero-order valence-electron chi connectivity index (χ0n) is 12.0. The van der Waals surface area contributed by atoms with Crippen LogP contribution < -0.4 is 5.32 Å². The van der Waals surface area contributed by atoms with Gasteiger partial charge in [-0.05, 0) is 62.0 Å². The van der Waals surface area contributed by atoms with Crippen molar-refractivity contribution < 1.29 is 0 Å². The highest BCUT2D eigenvalue weighted by molar-refractivity contribution is 9.11. The zero-order valence-corrected chi connectivity index (χ0v) is 15.2. The van der Waals surface area contributed by atoms with Gasteiger partial charge in [0, 0.05) is 8.95 Å². The molecule has 0 aromatic heterocycles. The van der Waals surface area contributed by atoms with Crippen molar-refractivity contribution in [2.75, 3.05) is 13.1 Å². The SMILES string of the molecule is CC(C)CNCCCCCCc1cc(Br)ccc1Br. The van der Waals surface area contributed by atoms with Crippen LogP contribution in [0.25, 0.3) is 0 Å². The first-order valence-corrected chi connectivity index (χ1v) is 8.83. The second kappa shape index (κ2) is 9.95. The first-order valence-electron chi connectivity index (χ1n) is 7.24. The minimum Gasteiger partial charge on any atom is -0.316 e. The fourth-order valence-electron chi connectivity index (χ4n) is 2.04. The normalized spacial score (nSPS) is 11.2. The van der Waals surface area contributed by atoms with Crippen LogP contribution in [-0.4, -0.2) is 13.1 Å². The van der Waals surface area contributed by atoms with Crippen molar-refractivity contribution >= 4 is 31.9 Å². The Morgan fingerprint density at radius 1 is 1.05 bits per heavy atom. The molecule has 1 aromatic carbocycles. The van der Waals surface area contributed by atoms with E-state index in [1.165, 1.54) is 53.2 Å². The fourth-order valence-corrected chi connectivity index (χ4v) is 2.90. The van der Waals surface area contributed by atoms with Crippen LogP contribution in [0.4, 0.5) is 0 Å². The molecule has 0 atom stereocenters. The molecule has 1 N–H and O–H groups in total. The van der Waals surface area contributed by atoms with Crippen LogP contribution in [0, 0.1) is 5.92 Å². The predicted molar refractivity (Wildman–Crippen MR) is 91.7 cm³/mol. The van der Waals surface area contributed by atoms with Crippen LogP contribution in [0.2, 0.25) is 0 Å². The summed E-state index contributed by atoms with van der Waals surface area (Å²) >= 11 is 7.15. The summed E-state index contributed by atoms with van der Waals surface area (Å²) in [5.74, 6) is 0.758. The smallest absolute Gasteiger partial charge is 0.0208 e. The number of nitrogens with one attached hydrogen (secondary N) is 1. The number of rotatable bonds is 9. The number of benzene rings is 1. The highest BCUT2D eigenvalue weighted by atomic mass is 79.9. The third-order valence-electron chi connectivity index (χ3n) is 3.11. The van der Waals surface area contributed by atoms with E-state index in [0.29, 0.717) is 0 Å². The van der Waals surface area contributed by atoms with Crippen molar-refractivity contribution in [1.82, 2.24) is 5.32 Å². The topological polar surface area (TPSA) is 12.0 Å². The molecular formula is C16H25Br2N. The molecule has 108 valence electrons. The Morgan fingerprint density at radius 3 is 2.53 bits per heavy atom. The largest absolute Gasteiger partial charge is 0.316 e. The van der Waals surface area contributed by atoms with Crippen LogP contribution in [0.15, 0.2) is 27.1 Å². The number of hydrogen-bond donors (Lipinski definition) is 1. The van der Waals surface area contributed by atoms with Crippen molar-refractivity contribution in [2.45, 2.75) is 46.0 Å². The standard InChI is InChI=1S/C16H25Br2N/c1-13(2)12-19-10-6-4-3-5-7-14-11-15(17)8-9-16(14)18/h8-9,11,13,19H,3-7,10,12H2,1-2H3. The van der Waals surface area contributed by atoms with E-state index in [0.717, 1.165) is 12.5 Å². The Balaban J connectivity index is 2.06. The van der Waals surface area contributed by atoms with Gasteiger partial charge in [-0.25, -0.2) is 0 Å². The minimum absolute atomic E-state index is 0.758. The lowest BCUT2D eigenvalue weighted by Gasteiger charge is -2.07. The Labute approximate surface area is 134 Å². The molecule has 0 amide bonds. The van der Waals surface area contributed by atoms with Gasteiger partial charge in [0.15, 0.2) is 0 Å². The van der Waals surface area contributed by atoms with Crippen molar-refractivity contribution in [3.8, 4) is 0 Å². The average molecular weight is 391 g/mol. The lowest BCUT2D eigenvalue weighted by molar-refractivity contribution is 0.526. The molecule has 0 radical (unpaired) electrons. The summed E-state index contributed by atoms with van der Waals surface area (Å²) in [7, 11) is 0. The maximum atomic E-state index is 3.62. The van der Waals surface area contributed by atoms with Crippen molar-refractivity contribution in [1.29, 1.82) is 0 Å². The van der Waals surface area contributed by atoms with Crippen LogP contribution >= 0.6 is 31.9 Å². The lowest BCUT2D eigenvalue weighted by Crippen LogP contribution is -2.20. The summed E-state index contributed by atoms with van der Waals surface area (Å²) in [6.45, 7) is 6.81. The Morgan fingerprint density at radius 2 is 1.79 bits per heavy atom. The van der Waals surface area contributed by atoms with Gasteiger partial charge in [0.1, 0.15) is 0 Å². The van der Waals surface area contributed by atoms with E-state index >= 15 is 0 Å². The summed E-state index contributed by atoms with van der Waals surface area (Å²) < 4.78 is 2.40. The second-order valence-corrected chi connectivity index (χ2v) is 7.27. The third-order valence-corrected chi connectivity index (χ3v) is 4.38. The molecule has 0 saturated carbocycles. The summed E-state index contributed by atoms with van der Waals surface area (Å²) in [5, 5.41) is 3.50. The third kappa shape index (κ3) is 8.11. The molecule has 0 heterocycles. The highest BCUT2D eigenvalue weighted by Gasteiger charge is 2.00. The molecule has 0 spiro atoms. The van der Waals surface area contributed by atoms with Gasteiger partial charge in [-0.15, -0.1) is 0 Å². The zero-order chi connectivity index (χ0) is 14.1. The van der Waals surface area contributed by atoms with Gasteiger partial charge in [-0.1, -0.05) is 58.5 Å². The molecule has 0 fully saturated rings. The lowest BCUT2D eigenvalue weighted by atomic mass is 10.1. The molecular weight excluding hydrogens is 366 g/mol. The molecule has 0 unspecified atom stereocenters. The predicted octanol–water partition coefficient (Wildman–Crippen LogP) is 5.56. The van der Waals surface area contributed by atoms with Crippen molar-refractivity contribution in [3.63, 3.8) is 0 Å². The molecule has 0 aliphatic carbocycles. The van der Waals surface area contributed by atoms with Crippen LogP contribution in [0.3, 0.4) is 0 Å². The van der Waals surface area contributed by atoms with Gasteiger partial charge in [0.25, 0.3) is 0 Å². The maximum absolute atomic E-state index is 3.62. The summed E-state index contributed by atoms with van der Waals surface area (Å²) in [5.41, 5.74) is 1.41. The number of aryl methyl sites for hydroxylation is 1. The quantitative estimate of drug-likeness (QED) is 0.544. The Hall–Kier alpha value is 0.140. The first-order chi connectivity index (χ1) is 9.09. The molecule has 0 saturated heterocycles. The summed E-state index contributed by atoms with van der Waals surface area (Å²) in [4.78, 5) is 0. The summed E-state index contributed by atoms with van der Waals surface area (Å²) in [6, 6.07) is 6.41. The molecule has 1 aromatic rings. The van der Waals surface area contributed by atoms with Crippen molar-refractivity contribution in [2.24, 2.45) is 5.92 Å². The molecule has 19 heavy (non-hydrogen) atoms. The molecule has 1 nitrogen and oxygen atoms in total. The van der Waals surface area contributed by atoms with Gasteiger partial charge in [-0.2, -0.15) is 0 Å². The van der Waals surface area contributed by atoms with E-state index in [-0.39, 0.29) is 0 Å². The Bertz CT molecular complexity index is 364. The molecule has 0 aliphatic heterocycles. The molecule has 0 bridgehead atoms. The van der Waals surface area contributed by atoms with Gasteiger partial charge in [0.2, 0.25) is 0 Å². The van der Waals surface area contributed by atoms with E-state index in [1.54, 1.807) is 0 Å². The monoisotopic (exact) mass is 389 g/mol. The summed E-state index contributed by atoms with van der Waals surface area (Å²) in [6.07, 6.45) is 6.39. The minimum atomic E-state index is 0.758. The van der Waals surface area contributed by atoms with Crippen LogP contribution in [0.5, 0.6) is 0 Å². The maximum Gasteiger partial charge on any atom is 0.0208 e. The van der Waals surface area contributed by atoms with Gasteiger partial charge in [0.05, 0.1) is 0 Å². The molecule has 0 aliphatic rings. The van der Waals surface area contributed by atoms with Crippen LogP contribution in [0.1, 0.15) is 45.1 Å². The van der Waals surface area contributed by atoms with E-state index in [2.05, 4.69) is 69.2 Å². The van der Waals surface area contributed by atoms with Gasteiger partial charge in [-0.3, -0.25) is 0 Å². The second-order valence-electron chi connectivity index (χ2n) is 5.50. The van der Waals surface area contributed by atoms with E-state index in [9.17, 15) is 0 Å². The average Bonchev–Trinajstić information content (AvgIpc) is 2.36. The Kier molecular flexibility index (Phi) is 9.01. The van der Waals surface area contributed by atoms with Gasteiger partial charge >= 0.3 is 0 Å². The fraction of sp³-hybridized carbons (Fsp3) is 0.625.